The number of rotatable bonds is 5. The summed E-state index contributed by atoms with van der Waals surface area (Å²) in [5.41, 5.74) is 0. The molecule has 1 aromatic heterocycles. The van der Waals surface area contributed by atoms with Crippen molar-refractivity contribution in [3.63, 3.8) is 0 Å². The first kappa shape index (κ1) is 14.4. The van der Waals surface area contributed by atoms with E-state index in [0.29, 0.717) is 0 Å². The molecule has 5 nitrogen and oxygen atoms in total. The van der Waals surface area contributed by atoms with Crippen LogP contribution in [0.3, 0.4) is 0 Å². The van der Waals surface area contributed by atoms with Crippen LogP contribution in [0.4, 0.5) is 0 Å². The first-order chi connectivity index (χ1) is 9.83. The third kappa shape index (κ3) is 3.54. The number of piperazine rings is 1. The summed E-state index contributed by atoms with van der Waals surface area (Å²) in [4.78, 5) is 6.99. The maximum absolute atomic E-state index is 5.46. The number of aromatic nitrogens is 2. The minimum absolute atomic E-state index is 0.231. The predicted octanol–water partition coefficient (Wildman–Crippen LogP) is 2.21. The Labute approximate surface area is 124 Å². The third-order valence-electron chi connectivity index (χ3n) is 4.29. The molecule has 1 unspecified atom stereocenters. The monoisotopic (exact) mass is 296 g/mol. The minimum atomic E-state index is 0.231. The molecule has 1 aliphatic heterocycles. The van der Waals surface area contributed by atoms with E-state index in [9.17, 15) is 0 Å². The van der Waals surface area contributed by atoms with Gasteiger partial charge in [-0.1, -0.05) is 18.0 Å². The van der Waals surface area contributed by atoms with Crippen molar-refractivity contribution >= 4 is 11.8 Å². The maximum atomic E-state index is 5.46. The summed E-state index contributed by atoms with van der Waals surface area (Å²) >= 11 is 1.99. The van der Waals surface area contributed by atoms with E-state index in [4.69, 9.17) is 4.52 Å². The molecular formula is C14H24N4OS. The van der Waals surface area contributed by atoms with Crippen molar-refractivity contribution in [2.45, 2.75) is 49.7 Å². The van der Waals surface area contributed by atoms with Crippen LogP contribution < -0.4 is 5.32 Å². The number of thioether (sulfide) groups is 1. The molecule has 20 heavy (non-hydrogen) atoms. The Hall–Kier alpha value is -0.590. The molecular weight excluding hydrogens is 272 g/mol. The van der Waals surface area contributed by atoms with Gasteiger partial charge in [0.2, 0.25) is 5.89 Å². The highest BCUT2D eigenvalue weighted by Gasteiger charge is 2.23. The topological polar surface area (TPSA) is 54.2 Å². The summed E-state index contributed by atoms with van der Waals surface area (Å²) in [6, 6.07) is 0.231. The van der Waals surface area contributed by atoms with E-state index >= 15 is 0 Å². The largest absolute Gasteiger partial charge is 0.338 e. The predicted molar refractivity (Wildman–Crippen MR) is 80.7 cm³/mol. The Morgan fingerprint density at radius 1 is 1.35 bits per heavy atom. The highest BCUT2D eigenvalue weighted by atomic mass is 32.2. The number of nitrogens with zero attached hydrogens (tertiary/aromatic N) is 3. The van der Waals surface area contributed by atoms with Gasteiger partial charge in [-0.05, 0) is 19.8 Å². The van der Waals surface area contributed by atoms with Gasteiger partial charge in [-0.15, -0.1) is 0 Å². The lowest BCUT2D eigenvalue weighted by molar-refractivity contribution is 0.154. The van der Waals surface area contributed by atoms with Crippen molar-refractivity contribution in [3.05, 3.63) is 11.7 Å². The van der Waals surface area contributed by atoms with Crippen LogP contribution in [-0.4, -0.2) is 46.5 Å². The molecule has 2 heterocycles. The van der Waals surface area contributed by atoms with Gasteiger partial charge < -0.3 is 9.84 Å². The van der Waals surface area contributed by atoms with E-state index in [1.54, 1.807) is 0 Å². The SMILES string of the molecule is CC(c1nc(CSC2CCCC2)no1)N1CCNCC1. The molecule has 1 saturated heterocycles. The average Bonchev–Trinajstić information content (AvgIpc) is 3.17. The van der Waals surface area contributed by atoms with Crippen LogP contribution in [-0.2, 0) is 5.75 Å². The van der Waals surface area contributed by atoms with Crippen LogP contribution in [0.15, 0.2) is 4.52 Å². The second-order valence-electron chi connectivity index (χ2n) is 5.73. The molecule has 0 amide bonds. The quantitative estimate of drug-likeness (QED) is 0.899. The zero-order chi connectivity index (χ0) is 13.8. The number of hydrogen-bond donors (Lipinski definition) is 1. The van der Waals surface area contributed by atoms with Gasteiger partial charge in [0.25, 0.3) is 0 Å². The normalized spacial score (nSPS) is 23.2. The summed E-state index contributed by atoms with van der Waals surface area (Å²) < 4.78 is 5.46. The summed E-state index contributed by atoms with van der Waals surface area (Å²) in [7, 11) is 0. The molecule has 3 rings (SSSR count). The molecule has 0 aromatic carbocycles. The highest BCUT2D eigenvalue weighted by molar-refractivity contribution is 7.99. The Kier molecular flexibility index (Phi) is 4.96. The second-order valence-corrected chi connectivity index (χ2v) is 7.02. The minimum Gasteiger partial charge on any atom is -0.338 e. The zero-order valence-corrected chi connectivity index (χ0v) is 13.0. The zero-order valence-electron chi connectivity index (χ0n) is 12.2. The lowest BCUT2D eigenvalue weighted by Crippen LogP contribution is -2.44. The van der Waals surface area contributed by atoms with Gasteiger partial charge in [-0.3, -0.25) is 4.90 Å². The summed E-state index contributed by atoms with van der Waals surface area (Å²) in [5, 5.41) is 8.32. The van der Waals surface area contributed by atoms with Gasteiger partial charge in [0.1, 0.15) is 0 Å². The van der Waals surface area contributed by atoms with E-state index < -0.39 is 0 Å². The summed E-state index contributed by atoms with van der Waals surface area (Å²) in [5.74, 6) is 2.52. The van der Waals surface area contributed by atoms with Gasteiger partial charge in [0, 0.05) is 31.4 Å². The molecule has 2 fully saturated rings. The third-order valence-corrected chi connectivity index (χ3v) is 5.66. The molecule has 0 radical (unpaired) electrons. The van der Waals surface area contributed by atoms with Gasteiger partial charge in [0.15, 0.2) is 5.82 Å². The summed E-state index contributed by atoms with van der Waals surface area (Å²) in [6.45, 7) is 6.35. The molecule has 0 spiro atoms. The Morgan fingerprint density at radius 3 is 2.85 bits per heavy atom. The number of hydrogen-bond acceptors (Lipinski definition) is 6. The Morgan fingerprint density at radius 2 is 2.10 bits per heavy atom. The van der Waals surface area contributed by atoms with E-state index in [-0.39, 0.29) is 6.04 Å². The standard InChI is InChI=1S/C14H24N4OS/c1-11(18-8-6-15-7-9-18)14-16-13(17-19-14)10-20-12-4-2-3-5-12/h11-12,15H,2-10H2,1H3. The number of nitrogens with one attached hydrogen (secondary N) is 1. The molecule has 1 aromatic rings. The molecule has 112 valence electrons. The fourth-order valence-corrected chi connectivity index (χ4v) is 4.14. The highest BCUT2D eigenvalue weighted by Crippen LogP contribution is 2.31. The van der Waals surface area contributed by atoms with Crippen molar-refractivity contribution in [1.29, 1.82) is 0 Å². The van der Waals surface area contributed by atoms with Crippen molar-refractivity contribution in [2.24, 2.45) is 0 Å². The van der Waals surface area contributed by atoms with Crippen LogP contribution in [0.5, 0.6) is 0 Å². The molecule has 1 saturated carbocycles. The molecule has 1 aliphatic carbocycles. The molecule has 6 heteroatoms. The smallest absolute Gasteiger partial charge is 0.243 e. The van der Waals surface area contributed by atoms with E-state index in [1.165, 1.54) is 25.7 Å². The molecule has 1 atom stereocenters. The molecule has 0 bridgehead atoms. The van der Waals surface area contributed by atoms with Crippen molar-refractivity contribution in [3.8, 4) is 0 Å². The van der Waals surface area contributed by atoms with Gasteiger partial charge in [0.05, 0.1) is 11.8 Å². The fourth-order valence-electron chi connectivity index (χ4n) is 2.97. The van der Waals surface area contributed by atoms with Gasteiger partial charge >= 0.3 is 0 Å². The lowest BCUT2D eigenvalue weighted by atomic mass is 10.2. The Balaban J connectivity index is 1.52. The van der Waals surface area contributed by atoms with Crippen molar-refractivity contribution in [2.75, 3.05) is 26.2 Å². The van der Waals surface area contributed by atoms with Crippen LogP contribution in [0, 0.1) is 0 Å². The summed E-state index contributed by atoms with van der Waals surface area (Å²) in [6.07, 6.45) is 5.48. The van der Waals surface area contributed by atoms with Crippen LogP contribution in [0.2, 0.25) is 0 Å². The average molecular weight is 296 g/mol. The maximum Gasteiger partial charge on any atom is 0.243 e. The lowest BCUT2D eigenvalue weighted by Gasteiger charge is -2.30. The van der Waals surface area contributed by atoms with Gasteiger partial charge in [-0.2, -0.15) is 16.7 Å². The van der Waals surface area contributed by atoms with Crippen LogP contribution in [0.25, 0.3) is 0 Å². The van der Waals surface area contributed by atoms with Crippen molar-refractivity contribution < 1.29 is 4.52 Å². The van der Waals surface area contributed by atoms with Crippen LogP contribution in [0.1, 0.15) is 50.4 Å². The second kappa shape index (κ2) is 6.91. The van der Waals surface area contributed by atoms with E-state index in [2.05, 4.69) is 27.3 Å². The first-order valence-corrected chi connectivity index (χ1v) is 8.76. The molecule has 1 N–H and O–H groups in total. The Bertz CT molecular complexity index is 413. The molecule has 2 aliphatic rings. The van der Waals surface area contributed by atoms with Crippen LogP contribution >= 0.6 is 11.8 Å². The fraction of sp³-hybridized carbons (Fsp3) is 0.857. The van der Waals surface area contributed by atoms with E-state index in [1.807, 2.05) is 11.8 Å². The van der Waals surface area contributed by atoms with Gasteiger partial charge in [-0.25, -0.2) is 0 Å². The van der Waals surface area contributed by atoms with Crippen molar-refractivity contribution in [1.82, 2.24) is 20.4 Å². The van der Waals surface area contributed by atoms with E-state index in [0.717, 1.165) is 48.9 Å². The first-order valence-electron chi connectivity index (χ1n) is 7.72.